The molecule has 2 fully saturated rings. The summed E-state index contributed by atoms with van der Waals surface area (Å²) in [6.45, 7) is 1.89. The summed E-state index contributed by atoms with van der Waals surface area (Å²) in [6, 6.07) is 2.55. The second-order valence-corrected chi connectivity index (χ2v) is 9.90. The first-order chi connectivity index (χ1) is 11.0. The first-order valence-electron chi connectivity index (χ1n) is 8.06. The van der Waals surface area contributed by atoms with Gasteiger partial charge in [-0.3, -0.25) is 4.79 Å². The second kappa shape index (κ2) is 7.09. The molecule has 1 atom stereocenters. The Morgan fingerprint density at radius 1 is 1.09 bits per heavy atom. The smallest absolute Gasteiger partial charge is 0.253 e. The Bertz CT molecular complexity index is 668. The second-order valence-electron chi connectivity index (χ2n) is 6.07. The van der Waals surface area contributed by atoms with Crippen molar-refractivity contribution >= 4 is 38.9 Å². The highest BCUT2D eigenvalue weighted by atomic mass is 35.5. The van der Waals surface area contributed by atoms with E-state index >= 15 is 0 Å². The monoisotopic (exact) mass is 376 g/mol. The van der Waals surface area contributed by atoms with Gasteiger partial charge in [-0.05, 0) is 44.2 Å². The van der Waals surface area contributed by atoms with Gasteiger partial charge in [0.2, 0.25) is 5.91 Å². The van der Waals surface area contributed by atoms with Crippen LogP contribution in [0.2, 0.25) is 4.34 Å². The van der Waals surface area contributed by atoms with E-state index in [1.54, 1.807) is 6.07 Å². The molecule has 2 saturated heterocycles. The number of carbonyl (C=O) groups is 1. The molecule has 3 rings (SSSR count). The van der Waals surface area contributed by atoms with Crippen LogP contribution in [0.25, 0.3) is 0 Å². The lowest BCUT2D eigenvalue weighted by atomic mass is 10.0. The van der Waals surface area contributed by atoms with Crippen molar-refractivity contribution in [1.29, 1.82) is 0 Å². The summed E-state index contributed by atoms with van der Waals surface area (Å²) < 4.78 is 27.9. The number of nitrogens with zero attached hydrogens (tertiary/aromatic N) is 2. The van der Waals surface area contributed by atoms with Gasteiger partial charge in [-0.25, -0.2) is 8.42 Å². The maximum atomic E-state index is 12.9. The van der Waals surface area contributed by atoms with Crippen molar-refractivity contribution in [3.8, 4) is 0 Å². The number of halogens is 1. The van der Waals surface area contributed by atoms with Crippen LogP contribution >= 0.6 is 22.9 Å². The SMILES string of the molecule is O=C([C@@H]1CCCCN1S(=O)(=O)c1ccc(Cl)s1)N1CCCCC1. The van der Waals surface area contributed by atoms with Crippen molar-refractivity contribution in [2.24, 2.45) is 0 Å². The maximum absolute atomic E-state index is 12.9. The van der Waals surface area contributed by atoms with Crippen molar-refractivity contribution in [2.75, 3.05) is 19.6 Å². The highest BCUT2D eigenvalue weighted by molar-refractivity contribution is 7.91. The minimum Gasteiger partial charge on any atom is -0.341 e. The lowest BCUT2D eigenvalue weighted by Crippen LogP contribution is -2.53. The summed E-state index contributed by atoms with van der Waals surface area (Å²) in [5.74, 6) is -0.0318. The average molecular weight is 377 g/mol. The highest BCUT2D eigenvalue weighted by Crippen LogP contribution is 2.32. The fraction of sp³-hybridized carbons (Fsp3) is 0.667. The summed E-state index contributed by atoms with van der Waals surface area (Å²) in [7, 11) is -3.65. The summed E-state index contributed by atoms with van der Waals surface area (Å²) in [4.78, 5) is 14.7. The van der Waals surface area contributed by atoms with E-state index in [2.05, 4.69) is 0 Å². The van der Waals surface area contributed by atoms with E-state index in [1.165, 1.54) is 10.4 Å². The molecule has 1 aromatic rings. The van der Waals surface area contributed by atoms with Crippen LogP contribution in [0.5, 0.6) is 0 Å². The normalized spacial score (nSPS) is 23.9. The Morgan fingerprint density at radius 2 is 1.78 bits per heavy atom. The van der Waals surface area contributed by atoms with E-state index < -0.39 is 16.1 Å². The topological polar surface area (TPSA) is 57.7 Å². The Morgan fingerprint density at radius 3 is 2.43 bits per heavy atom. The summed E-state index contributed by atoms with van der Waals surface area (Å²) in [5.41, 5.74) is 0. The lowest BCUT2D eigenvalue weighted by molar-refractivity contribution is -0.137. The third-order valence-electron chi connectivity index (χ3n) is 4.52. The molecule has 128 valence electrons. The van der Waals surface area contributed by atoms with Gasteiger partial charge >= 0.3 is 0 Å². The van der Waals surface area contributed by atoms with Gasteiger partial charge in [-0.1, -0.05) is 18.0 Å². The molecular formula is C15H21ClN2O3S2. The molecule has 0 N–H and O–H groups in total. The minimum atomic E-state index is -3.65. The van der Waals surface area contributed by atoms with Gasteiger partial charge in [0.15, 0.2) is 0 Å². The van der Waals surface area contributed by atoms with E-state index in [4.69, 9.17) is 11.6 Å². The van der Waals surface area contributed by atoms with Gasteiger partial charge in [0.1, 0.15) is 10.3 Å². The van der Waals surface area contributed by atoms with Crippen molar-refractivity contribution in [1.82, 2.24) is 9.21 Å². The van der Waals surface area contributed by atoms with Crippen LogP contribution < -0.4 is 0 Å². The molecule has 5 nitrogen and oxygen atoms in total. The van der Waals surface area contributed by atoms with Gasteiger partial charge in [0, 0.05) is 19.6 Å². The van der Waals surface area contributed by atoms with Crippen LogP contribution in [0.1, 0.15) is 38.5 Å². The Labute approximate surface area is 146 Å². The molecule has 0 saturated carbocycles. The van der Waals surface area contributed by atoms with E-state index in [0.717, 1.165) is 56.5 Å². The number of carbonyl (C=O) groups excluding carboxylic acids is 1. The zero-order chi connectivity index (χ0) is 16.4. The molecule has 1 aromatic heterocycles. The van der Waals surface area contributed by atoms with E-state index in [0.29, 0.717) is 17.3 Å². The largest absolute Gasteiger partial charge is 0.341 e. The Balaban J connectivity index is 1.85. The van der Waals surface area contributed by atoms with Crippen molar-refractivity contribution in [3.63, 3.8) is 0 Å². The number of piperidine rings is 2. The molecule has 23 heavy (non-hydrogen) atoms. The quantitative estimate of drug-likeness (QED) is 0.814. The lowest BCUT2D eigenvalue weighted by Gasteiger charge is -2.37. The Hall–Kier alpha value is -0.630. The van der Waals surface area contributed by atoms with Crippen LogP contribution in [0.3, 0.4) is 0 Å². The Kier molecular flexibility index (Phi) is 5.30. The molecule has 0 unspecified atom stereocenters. The summed E-state index contributed by atoms with van der Waals surface area (Å²) in [5, 5.41) is 0. The number of thiophene rings is 1. The van der Waals surface area contributed by atoms with Crippen LogP contribution in [0.15, 0.2) is 16.3 Å². The maximum Gasteiger partial charge on any atom is 0.253 e. The summed E-state index contributed by atoms with van der Waals surface area (Å²) >= 11 is 6.94. The molecule has 3 heterocycles. The first-order valence-corrected chi connectivity index (χ1v) is 10.7. The van der Waals surface area contributed by atoms with E-state index in [1.807, 2.05) is 4.90 Å². The van der Waals surface area contributed by atoms with Crippen LogP contribution in [0, 0.1) is 0 Å². The minimum absolute atomic E-state index is 0.0318. The molecule has 0 aliphatic carbocycles. The number of sulfonamides is 1. The zero-order valence-electron chi connectivity index (χ0n) is 12.9. The first kappa shape index (κ1) is 17.2. The van der Waals surface area contributed by atoms with Crippen LogP contribution in [0.4, 0.5) is 0 Å². The molecule has 8 heteroatoms. The molecule has 0 radical (unpaired) electrons. The molecule has 0 aromatic carbocycles. The number of rotatable bonds is 3. The van der Waals surface area contributed by atoms with E-state index in [-0.39, 0.29) is 10.1 Å². The van der Waals surface area contributed by atoms with Gasteiger partial charge in [-0.2, -0.15) is 4.31 Å². The van der Waals surface area contributed by atoms with Crippen LogP contribution in [-0.4, -0.2) is 49.2 Å². The van der Waals surface area contributed by atoms with Gasteiger partial charge in [-0.15, -0.1) is 11.3 Å². The van der Waals surface area contributed by atoms with E-state index in [9.17, 15) is 13.2 Å². The molecule has 0 bridgehead atoms. The fourth-order valence-corrected chi connectivity index (χ4v) is 6.58. The number of hydrogen-bond donors (Lipinski definition) is 0. The van der Waals surface area contributed by atoms with Gasteiger partial charge < -0.3 is 4.90 Å². The number of hydrogen-bond acceptors (Lipinski definition) is 4. The van der Waals surface area contributed by atoms with Crippen molar-refractivity contribution in [3.05, 3.63) is 16.5 Å². The molecule has 1 amide bonds. The molecular weight excluding hydrogens is 356 g/mol. The third kappa shape index (κ3) is 3.57. The average Bonchev–Trinajstić information content (AvgIpc) is 3.02. The van der Waals surface area contributed by atoms with Gasteiger partial charge in [0.05, 0.1) is 4.34 Å². The van der Waals surface area contributed by atoms with Crippen LogP contribution in [-0.2, 0) is 14.8 Å². The standard InChI is InChI=1S/C15H21ClN2O3S2/c16-13-7-8-14(22-13)23(20,21)18-11-5-2-6-12(18)15(19)17-9-3-1-4-10-17/h7-8,12H,1-6,9-11H2/t12-/m0/s1. The number of likely N-dealkylation sites (tertiary alicyclic amines) is 1. The zero-order valence-corrected chi connectivity index (χ0v) is 15.3. The molecule has 0 spiro atoms. The highest BCUT2D eigenvalue weighted by Gasteiger charge is 2.40. The number of amides is 1. The van der Waals surface area contributed by atoms with Crippen molar-refractivity contribution < 1.29 is 13.2 Å². The third-order valence-corrected chi connectivity index (χ3v) is 8.12. The van der Waals surface area contributed by atoms with Gasteiger partial charge in [0.25, 0.3) is 10.0 Å². The molecule has 2 aliphatic rings. The fourth-order valence-electron chi connectivity index (χ4n) is 3.32. The molecule has 2 aliphatic heterocycles. The van der Waals surface area contributed by atoms with Crippen molar-refractivity contribution in [2.45, 2.75) is 48.8 Å². The predicted molar refractivity (Wildman–Crippen MR) is 91.3 cm³/mol. The predicted octanol–water partition coefficient (Wildman–Crippen LogP) is 2.96. The summed E-state index contributed by atoms with van der Waals surface area (Å²) in [6.07, 6.45) is 5.44.